The van der Waals surface area contributed by atoms with Crippen molar-refractivity contribution in [2.24, 2.45) is 0 Å². The number of rotatable bonds is 2. The number of anilines is 1. The molecule has 0 saturated heterocycles. The predicted molar refractivity (Wildman–Crippen MR) is 66.4 cm³/mol. The zero-order valence-electron chi connectivity index (χ0n) is 9.14. The molecule has 3 N–H and O–H groups in total. The lowest BCUT2D eigenvalue weighted by Gasteiger charge is -2.05. The van der Waals surface area contributed by atoms with Crippen molar-refractivity contribution in [3.63, 3.8) is 0 Å². The summed E-state index contributed by atoms with van der Waals surface area (Å²) in [6.07, 6.45) is 1.66. The Bertz CT molecular complexity index is 564. The van der Waals surface area contributed by atoms with Gasteiger partial charge in [-0.3, -0.25) is 4.79 Å². The molecule has 0 atom stereocenters. The van der Waals surface area contributed by atoms with Crippen LogP contribution in [-0.2, 0) is 0 Å². The zero-order valence-corrected chi connectivity index (χ0v) is 9.90. The van der Waals surface area contributed by atoms with Gasteiger partial charge >= 0.3 is 0 Å². The Labute approximate surface area is 103 Å². The topological polar surface area (TPSA) is 72.9 Å². The summed E-state index contributed by atoms with van der Waals surface area (Å²) in [6.45, 7) is 0. The second-order valence-electron chi connectivity index (χ2n) is 3.43. The minimum Gasteiger partial charge on any atom is -0.397 e. The average Bonchev–Trinajstić information content (AvgIpc) is 2.80. The molecule has 0 fully saturated rings. The molecule has 1 aromatic heterocycles. The van der Waals surface area contributed by atoms with Crippen molar-refractivity contribution in [3.05, 3.63) is 41.2 Å². The first-order valence-corrected chi connectivity index (χ1v) is 5.33. The number of carbonyl (C=O) groups excluding carboxylic acids is 1. The van der Waals surface area contributed by atoms with Crippen LogP contribution in [0.5, 0.6) is 0 Å². The van der Waals surface area contributed by atoms with Crippen molar-refractivity contribution >= 4 is 23.2 Å². The summed E-state index contributed by atoms with van der Waals surface area (Å²) in [5, 5.41) is 7.18. The van der Waals surface area contributed by atoms with Crippen LogP contribution in [0.2, 0.25) is 5.02 Å². The molecule has 0 aliphatic rings. The molecule has 2 aromatic rings. The van der Waals surface area contributed by atoms with Crippen molar-refractivity contribution in [1.82, 2.24) is 15.1 Å². The Hall–Kier alpha value is -2.01. The Morgan fingerprint density at radius 1 is 1.47 bits per heavy atom. The zero-order chi connectivity index (χ0) is 12.4. The van der Waals surface area contributed by atoms with Crippen LogP contribution >= 0.6 is 11.6 Å². The molecule has 0 aliphatic carbocycles. The lowest BCUT2D eigenvalue weighted by molar-refractivity contribution is 0.0958. The van der Waals surface area contributed by atoms with Gasteiger partial charge in [-0.25, -0.2) is 4.68 Å². The molecule has 0 aliphatic heterocycles. The molecule has 2 rings (SSSR count). The number of hydrogen-bond acceptors (Lipinski definition) is 3. The molecule has 0 bridgehead atoms. The van der Waals surface area contributed by atoms with Gasteiger partial charge in [0.05, 0.1) is 11.4 Å². The highest BCUT2D eigenvalue weighted by molar-refractivity contribution is 6.30. The highest BCUT2D eigenvalue weighted by Crippen LogP contribution is 2.21. The number of nitrogens with zero attached hydrogens (tertiary/aromatic N) is 2. The number of nitrogen functional groups attached to an aromatic ring is 1. The first-order chi connectivity index (χ1) is 8.11. The van der Waals surface area contributed by atoms with E-state index in [9.17, 15) is 4.79 Å². The number of amides is 1. The van der Waals surface area contributed by atoms with E-state index in [1.807, 2.05) is 0 Å². The minimum absolute atomic E-state index is 0.246. The Balaban J connectivity index is 2.43. The molecule has 0 saturated carbocycles. The molecular formula is C11H11ClN4O. The van der Waals surface area contributed by atoms with Crippen molar-refractivity contribution < 1.29 is 4.79 Å². The van der Waals surface area contributed by atoms with E-state index in [-0.39, 0.29) is 5.91 Å². The van der Waals surface area contributed by atoms with E-state index in [1.54, 1.807) is 37.5 Å². The molecule has 1 heterocycles. The van der Waals surface area contributed by atoms with Crippen molar-refractivity contribution in [2.75, 3.05) is 12.8 Å². The monoisotopic (exact) mass is 250 g/mol. The van der Waals surface area contributed by atoms with E-state index < -0.39 is 0 Å². The van der Waals surface area contributed by atoms with Gasteiger partial charge in [0, 0.05) is 18.3 Å². The molecule has 0 unspecified atom stereocenters. The largest absolute Gasteiger partial charge is 0.397 e. The maximum atomic E-state index is 11.4. The standard InChI is InChI=1S/C11H11ClN4O/c1-14-11(17)9-4-5-16(15-9)10-6-7(12)2-3-8(10)13/h2-6H,13H2,1H3,(H,14,17). The van der Waals surface area contributed by atoms with Gasteiger partial charge in [0.25, 0.3) is 5.91 Å². The van der Waals surface area contributed by atoms with Crippen LogP contribution in [-0.4, -0.2) is 22.7 Å². The van der Waals surface area contributed by atoms with Crippen LogP contribution in [0.25, 0.3) is 5.69 Å². The van der Waals surface area contributed by atoms with Crippen LogP contribution < -0.4 is 11.1 Å². The molecule has 17 heavy (non-hydrogen) atoms. The van der Waals surface area contributed by atoms with E-state index in [4.69, 9.17) is 17.3 Å². The summed E-state index contributed by atoms with van der Waals surface area (Å²) in [5.41, 5.74) is 7.33. The third-order valence-electron chi connectivity index (χ3n) is 2.29. The Morgan fingerprint density at radius 3 is 2.94 bits per heavy atom. The first kappa shape index (κ1) is 11.5. The lowest BCUT2D eigenvalue weighted by Crippen LogP contribution is -2.18. The van der Waals surface area contributed by atoms with Gasteiger partial charge in [-0.15, -0.1) is 0 Å². The molecule has 1 aromatic carbocycles. The Kier molecular flexibility index (Phi) is 3.01. The van der Waals surface area contributed by atoms with Crippen LogP contribution in [0.3, 0.4) is 0 Å². The second-order valence-corrected chi connectivity index (χ2v) is 3.86. The third kappa shape index (κ3) is 2.24. The normalized spacial score (nSPS) is 10.2. The quantitative estimate of drug-likeness (QED) is 0.793. The van der Waals surface area contributed by atoms with Gasteiger partial charge in [-0.2, -0.15) is 5.10 Å². The highest BCUT2D eigenvalue weighted by atomic mass is 35.5. The summed E-state index contributed by atoms with van der Waals surface area (Å²) < 4.78 is 1.52. The average molecular weight is 251 g/mol. The van der Waals surface area contributed by atoms with Crippen molar-refractivity contribution in [3.8, 4) is 5.69 Å². The van der Waals surface area contributed by atoms with Crippen LogP contribution in [0.15, 0.2) is 30.5 Å². The fraction of sp³-hybridized carbons (Fsp3) is 0.0909. The van der Waals surface area contributed by atoms with E-state index >= 15 is 0 Å². The number of benzene rings is 1. The van der Waals surface area contributed by atoms with Crippen LogP contribution in [0.4, 0.5) is 5.69 Å². The van der Waals surface area contributed by atoms with E-state index in [2.05, 4.69) is 10.4 Å². The predicted octanol–water partition coefficient (Wildman–Crippen LogP) is 1.47. The number of hydrogen-bond donors (Lipinski definition) is 2. The second kappa shape index (κ2) is 4.47. The maximum Gasteiger partial charge on any atom is 0.271 e. The number of aromatic nitrogens is 2. The third-order valence-corrected chi connectivity index (χ3v) is 2.52. The molecule has 5 nitrogen and oxygen atoms in total. The summed E-state index contributed by atoms with van der Waals surface area (Å²) >= 11 is 5.89. The van der Waals surface area contributed by atoms with E-state index in [1.165, 1.54) is 4.68 Å². The lowest BCUT2D eigenvalue weighted by atomic mass is 10.3. The van der Waals surface area contributed by atoms with E-state index in [0.717, 1.165) is 0 Å². The number of nitrogens with one attached hydrogen (secondary N) is 1. The maximum absolute atomic E-state index is 11.4. The number of halogens is 1. The minimum atomic E-state index is -0.246. The first-order valence-electron chi connectivity index (χ1n) is 4.95. The molecule has 0 spiro atoms. The fourth-order valence-electron chi connectivity index (χ4n) is 1.42. The van der Waals surface area contributed by atoms with Crippen LogP contribution in [0, 0.1) is 0 Å². The van der Waals surface area contributed by atoms with Gasteiger partial charge in [0.15, 0.2) is 5.69 Å². The smallest absolute Gasteiger partial charge is 0.271 e. The van der Waals surface area contributed by atoms with E-state index in [0.29, 0.717) is 22.1 Å². The number of nitrogens with two attached hydrogens (primary N) is 1. The van der Waals surface area contributed by atoms with Crippen LogP contribution in [0.1, 0.15) is 10.5 Å². The molecule has 6 heteroatoms. The summed E-state index contributed by atoms with van der Waals surface area (Å²) in [7, 11) is 1.55. The van der Waals surface area contributed by atoms with Gasteiger partial charge in [0.2, 0.25) is 0 Å². The van der Waals surface area contributed by atoms with Crippen molar-refractivity contribution in [1.29, 1.82) is 0 Å². The SMILES string of the molecule is CNC(=O)c1ccn(-c2cc(Cl)ccc2N)n1. The summed E-state index contributed by atoms with van der Waals surface area (Å²) in [4.78, 5) is 11.4. The van der Waals surface area contributed by atoms with Gasteiger partial charge in [-0.05, 0) is 24.3 Å². The fourth-order valence-corrected chi connectivity index (χ4v) is 1.59. The molecule has 1 amide bonds. The van der Waals surface area contributed by atoms with Gasteiger partial charge in [0.1, 0.15) is 0 Å². The van der Waals surface area contributed by atoms with Gasteiger partial charge in [-0.1, -0.05) is 11.6 Å². The number of carbonyl (C=O) groups is 1. The Morgan fingerprint density at radius 2 is 2.24 bits per heavy atom. The summed E-state index contributed by atoms with van der Waals surface area (Å²) in [6, 6.07) is 6.69. The molecular weight excluding hydrogens is 240 g/mol. The molecule has 88 valence electrons. The highest BCUT2D eigenvalue weighted by Gasteiger charge is 2.09. The summed E-state index contributed by atoms with van der Waals surface area (Å²) in [5.74, 6) is -0.246. The van der Waals surface area contributed by atoms with Crippen molar-refractivity contribution in [2.45, 2.75) is 0 Å². The molecule has 0 radical (unpaired) electrons. The van der Waals surface area contributed by atoms with Gasteiger partial charge < -0.3 is 11.1 Å².